The van der Waals surface area contributed by atoms with E-state index in [1.807, 2.05) is 42.5 Å². The lowest BCUT2D eigenvalue weighted by atomic mass is 9.99. The van der Waals surface area contributed by atoms with Crippen molar-refractivity contribution in [3.05, 3.63) is 103 Å². The first kappa shape index (κ1) is 20.0. The van der Waals surface area contributed by atoms with Crippen LogP contribution in [0.5, 0.6) is 0 Å². The Hall–Kier alpha value is -1.71. The Balaban J connectivity index is 1.52. The minimum absolute atomic E-state index is 0.0805. The lowest BCUT2D eigenvalue weighted by Crippen LogP contribution is -2.01. The molecule has 0 aliphatic rings. The average Bonchev–Trinajstić information content (AvgIpc) is 2.69. The second-order valence-corrected chi connectivity index (χ2v) is 8.50. The normalized spacial score (nSPS) is 10.8. The van der Waals surface area contributed by atoms with Crippen molar-refractivity contribution in [3.8, 4) is 0 Å². The maximum absolute atomic E-state index is 12.4. The Labute approximate surface area is 178 Å². The van der Waals surface area contributed by atoms with E-state index in [1.54, 1.807) is 0 Å². The summed E-state index contributed by atoms with van der Waals surface area (Å²) in [5.41, 5.74) is 5.36. The third-order valence-corrected chi connectivity index (χ3v) is 6.33. The van der Waals surface area contributed by atoms with Crippen LogP contribution in [0.25, 0.3) is 0 Å². The third-order valence-electron chi connectivity index (χ3n) is 4.74. The van der Waals surface area contributed by atoms with Gasteiger partial charge >= 0.3 is 0 Å². The minimum Gasteiger partial charge on any atom is -0.289 e. The summed E-state index contributed by atoms with van der Waals surface area (Å²) in [7, 11) is 0. The van der Waals surface area contributed by atoms with Crippen LogP contribution in [-0.4, -0.2) is 5.78 Å². The Morgan fingerprint density at radius 2 is 1.41 bits per heavy atom. The van der Waals surface area contributed by atoms with Crippen LogP contribution in [0.2, 0.25) is 0 Å². The molecule has 0 fully saturated rings. The van der Waals surface area contributed by atoms with Crippen molar-refractivity contribution in [2.24, 2.45) is 0 Å². The number of unbranched alkanes of at least 4 members (excludes halogenated alkanes) is 1. The molecule has 0 atom stereocenters. The highest BCUT2D eigenvalue weighted by atomic mass is 79.9. The molecule has 0 aliphatic carbocycles. The van der Waals surface area contributed by atoms with Gasteiger partial charge in [0.25, 0.3) is 0 Å². The van der Waals surface area contributed by atoms with Crippen molar-refractivity contribution in [1.29, 1.82) is 0 Å². The van der Waals surface area contributed by atoms with Crippen LogP contribution < -0.4 is 0 Å². The van der Waals surface area contributed by atoms with Crippen molar-refractivity contribution in [3.63, 3.8) is 0 Å². The molecule has 3 rings (SSSR count). The third kappa shape index (κ3) is 5.40. The number of benzene rings is 3. The molecule has 3 aromatic carbocycles. The van der Waals surface area contributed by atoms with Crippen LogP contribution >= 0.6 is 31.9 Å². The van der Waals surface area contributed by atoms with E-state index < -0.39 is 0 Å². The molecule has 0 bridgehead atoms. The summed E-state index contributed by atoms with van der Waals surface area (Å²) >= 11 is 7.28. The molecule has 0 aliphatic heterocycles. The first-order valence-electron chi connectivity index (χ1n) is 9.18. The van der Waals surface area contributed by atoms with Gasteiger partial charge < -0.3 is 0 Å². The molecule has 0 saturated heterocycles. The van der Waals surface area contributed by atoms with Gasteiger partial charge in [0, 0.05) is 20.1 Å². The number of carbonyl (C=O) groups excluding carboxylic acids is 1. The van der Waals surface area contributed by atoms with E-state index in [1.165, 1.54) is 25.6 Å². The fourth-order valence-corrected chi connectivity index (χ4v) is 4.15. The highest BCUT2D eigenvalue weighted by molar-refractivity contribution is 9.11. The summed E-state index contributed by atoms with van der Waals surface area (Å²) in [6.45, 7) is 2.10. The van der Waals surface area contributed by atoms with Crippen molar-refractivity contribution >= 4 is 37.6 Å². The molecule has 1 nitrogen and oxygen atoms in total. The predicted octanol–water partition coefficient (Wildman–Crippen LogP) is 7.32. The molecule has 0 spiro atoms. The van der Waals surface area contributed by atoms with Gasteiger partial charge in [0.1, 0.15) is 0 Å². The van der Waals surface area contributed by atoms with Gasteiger partial charge in [-0.1, -0.05) is 86.5 Å². The van der Waals surface area contributed by atoms with Crippen LogP contribution in [-0.2, 0) is 12.8 Å². The standard InChI is InChI=1S/C24H22Br2O/c1-17-15-23(26)21(16-22(17)25)10-6-5-7-18-11-13-20(14-12-18)24(27)19-8-3-2-4-9-19/h2-4,8-9,11-16H,5-7,10H2,1H3. The molecule has 0 amide bonds. The Morgan fingerprint density at radius 1 is 0.778 bits per heavy atom. The lowest BCUT2D eigenvalue weighted by molar-refractivity contribution is 0.103. The van der Waals surface area contributed by atoms with Crippen molar-refractivity contribution < 1.29 is 4.79 Å². The van der Waals surface area contributed by atoms with Gasteiger partial charge in [-0.3, -0.25) is 4.79 Å². The fourth-order valence-electron chi connectivity index (χ4n) is 3.10. The van der Waals surface area contributed by atoms with Crippen LogP contribution in [0.4, 0.5) is 0 Å². The van der Waals surface area contributed by atoms with E-state index in [0.717, 1.165) is 36.8 Å². The van der Waals surface area contributed by atoms with E-state index in [4.69, 9.17) is 0 Å². The second kappa shape index (κ2) is 9.48. The molecule has 138 valence electrons. The highest BCUT2D eigenvalue weighted by Gasteiger charge is 2.08. The van der Waals surface area contributed by atoms with Crippen LogP contribution in [0.15, 0.2) is 75.7 Å². The quantitative estimate of drug-likeness (QED) is 0.253. The smallest absolute Gasteiger partial charge is 0.193 e. The number of aryl methyl sites for hydroxylation is 3. The molecular weight excluding hydrogens is 464 g/mol. The first-order valence-corrected chi connectivity index (χ1v) is 10.8. The van der Waals surface area contributed by atoms with Crippen LogP contribution in [0.1, 0.15) is 45.5 Å². The fraction of sp³-hybridized carbons (Fsp3) is 0.208. The number of carbonyl (C=O) groups is 1. The molecule has 0 aromatic heterocycles. The van der Waals surface area contributed by atoms with Gasteiger partial charge in [-0.2, -0.15) is 0 Å². The summed E-state index contributed by atoms with van der Waals surface area (Å²) in [5, 5.41) is 0. The maximum atomic E-state index is 12.4. The molecule has 0 heterocycles. The zero-order valence-electron chi connectivity index (χ0n) is 15.3. The predicted molar refractivity (Wildman–Crippen MR) is 120 cm³/mol. The number of hydrogen-bond donors (Lipinski definition) is 0. The van der Waals surface area contributed by atoms with Gasteiger partial charge in [0.15, 0.2) is 5.78 Å². The summed E-state index contributed by atoms with van der Waals surface area (Å²) in [5.74, 6) is 0.0805. The van der Waals surface area contributed by atoms with E-state index >= 15 is 0 Å². The summed E-state index contributed by atoms with van der Waals surface area (Å²) in [4.78, 5) is 12.4. The first-order chi connectivity index (χ1) is 13.0. The Morgan fingerprint density at radius 3 is 2.11 bits per heavy atom. The zero-order chi connectivity index (χ0) is 19.2. The van der Waals surface area contributed by atoms with Crippen LogP contribution in [0, 0.1) is 6.92 Å². The number of rotatable bonds is 7. The maximum Gasteiger partial charge on any atom is 0.193 e. The molecule has 27 heavy (non-hydrogen) atoms. The molecule has 0 radical (unpaired) electrons. The topological polar surface area (TPSA) is 17.1 Å². The molecule has 0 N–H and O–H groups in total. The lowest BCUT2D eigenvalue weighted by Gasteiger charge is -2.08. The van der Waals surface area contributed by atoms with E-state index in [-0.39, 0.29) is 5.78 Å². The number of hydrogen-bond acceptors (Lipinski definition) is 1. The van der Waals surface area contributed by atoms with E-state index in [0.29, 0.717) is 0 Å². The Bertz CT molecular complexity index is 915. The SMILES string of the molecule is Cc1cc(Br)c(CCCCc2ccc(C(=O)c3ccccc3)cc2)cc1Br. The van der Waals surface area contributed by atoms with Crippen molar-refractivity contribution in [2.45, 2.75) is 32.6 Å². The van der Waals surface area contributed by atoms with Crippen molar-refractivity contribution in [2.75, 3.05) is 0 Å². The van der Waals surface area contributed by atoms with Crippen molar-refractivity contribution in [1.82, 2.24) is 0 Å². The van der Waals surface area contributed by atoms with Gasteiger partial charge in [-0.25, -0.2) is 0 Å². The minimum atomic E-state index is 0.0805. The molecule has 3 heteroatoms. The number of ketones is 1. The molecular formula is C24H22Br2O. The molecule has 3 aromatic rings. The highest BCUT2D eigenvalue weighted by Crippen LogP contribution is 2.27. The van der Waals surface area contributed by atoms with Gasteiger partial charge in [-0.15, -0.1) is 0 Å². The van der Waals surface area contributed by atoms with Gasteiger partial charge in [-0.05, 0) is 61.4 Å². The van der Waals surface area contributed by atoms with Gasteiger partial charge in [0.05, 0.1) is 0 Å². The zero-order valence-corrected chi connectivity index (χ0v) is 18.5. The molecule has 0 unspecified atom stereocenters. The number of halogens is 2. The van der Waals surface area contributed by atoms with Gasteiger partial charge in [0.2, 0.25) is 0 Å². The summed E-state index contributed by atoms with van der Waals surface area (Å²) in [6.07, 6.45) is 4.36. The Kier molecular flexibility index (Phi) is 7.03. The van der Waals surface area contributed by atoms with E-state index in [9.17, 15) is 4.79 Å². The monoisotopic (exact) mass is 484 g/mol. The second-order valence-electron chi connectivity index (χ2n) is 6.79. The largest absolute Gasteiger partial charge is 0.289 e. The summed E-state index contributed by atoms with van der Waals surface area (Å²) in [6, 6.07) is 21.9. The molecule has 0 saturated carbocycles. The van der Waals surface area contributed by atoms with Crippen LogP contribution in [0.3, 0.4) is 0 Å². The average molecular weight is 486 g/mol. The van der Waals surface area contributed by atoms with E-state index in [2.05, 4.69) is 63.0 Å². The summed E-state index contributed by atoms with van der Waals surface area (Å²) < 4.78 is 2.35.